The molecule has 0 radical (unpaired) electrons. The Kier molecular flexibility index (Phi) is 31.2. The third kappa shape index (κ3) is 25.8. The van der Waals surface area contributed by atoms with Crippen LogP contribution in [-0.2, 0) is 80.2 Å². The number of carbonyl (C=O) groups is 4. The fourth-order valence-electron chi connectivity index (χ4n) is 8.98. The van der Waals surface area contributed by atoms with E-state index in [2.05, 4.69) is 48.0 Å². The number of carbonyl (C=O) groups excluding carboxylic acids is 3. The minimum Gasteiger partial charge on any atom is -0.478 e. The monoisotopic (exact) mass is 1580 g/mol. The lowest BCUT2D eigenvalue weighted by Gasteiger charge is -2.25. The van der Waals surface area contributed by atoms with E-state index in [0.717, 1.165) is 16.7 Å². The highest BCUT2D eigenvalue weighted by molar-refractivity contribution is 8.77. The first kappa shape index (κ1) is 83.1. The number of carboxylic acids is 1. The first-order valence-corrected chi connectivity index (χ1v) is 41.4. The molecule has 4 aromatic rings. The molecule has 14 N–H and O–H groups in total. The number of phosphoric ester groups is 1. The number of nitrogen functional groups attached to an aromatic ring is 2. The molecule has 552 valence electrons. The summed E-state index contributed by atoms with van der Waals surface area (Å²) < 4.78 is 163. The van der Waals surface area contributed by atoms with E-state index >= 15 is 0 Å². The summed E-state index contributed by atoms with van der Waals surface area (Å²) >= 11 is 0. The van der Waals surface area contributed by atoms with Crippen LogP contribution in [-0.4, -0.2) is 192 Å². The number of alkyl carbamates (subject to hydrolysis) is 2. The number of benzene rings is 3. The van der Waals surface area contributed by atoms with Gasteiger partial charge in [0.1, 0.15) is 34.9 Å². The maximum absolute atomic E-state index is 13.4. The molecule has 1 aromatic heterocycles. The van der Waals surface area contributed by atoms with Crippen LogP contribution in [0.4, 0.5) is 21.1 Å². The molecular weight excluding hydrogens is 1510 g/mol. The highest BCUT2D eigenvalue weighted by atomic mass is 33.1. The summed E-state index contributed by atoms with van der Waals surface area (Å²) in [5.41, 5.74) is 9.47. The van der Waals surface area contributed by atoms with Gasteiger partial charge < -0.3 is 90.0 Å². The van der Waals surface area contributed by atoms with E-state index < -0.39 is 131 Å². The van der Waals surface area contributed by atoms with E-state index in [1.165, 1.54) is 68.9 Å². The molecule has 1 fully saturated rings. The number of unbranched alkanes of at least 4 members (excludes halogenated alkanes) is 1. The first-order valence-electron chi connectivity index (χ1n) is 28.9. The first-order chi connectivity index (χ1) is 46.9. The summed E-state index contributed by atoms with van der Waals surface area (Å²) in [6, 6.07) is 8.30. The van der Waals surface area contributed by atoms with E-state index in [-0.39, 0.29) is 120 Å². The number of nitrogens with one attached hydrogen (secondary N) is 3. The summed E-state index contributed by atoms with van der Waals surface area (Å²) in [5, 5.41) is 17.5. The molecule has 3 aromatic carbocycles. The van der Waals surface area contributed by atoms with Gasteiger partial charge in [-0.25, -0.2) is 32.9 Å². The lowest BCUT2D eigenvalue weighted by Crippen LogP contribution is -2.30. The van der Waals surface area contributed by atoms with Crippen molar-refractivity contribution in [3.8, 4) is 23.3 Å². The van der Waals surface area contributed by atoms with E-state index in [9.17, 15) is 78.5 Å². The number of carboxylic acid groups (broad SMARTS) is 1. The van der Waals surface area contributed by atoms with Gasteiger partial charge in [0.05, 0.1) is 75.7 Å². The average molecular weight is 1580 g/mol. The zero-order valence-electron chi connectivity index (χ0n) is 52.9. The standard InChI is InChI=1S/C54H70N7O30P3S6/c1-32-9-11-36-43(37-13-14-39(55)47(100(78,79)80)45(37)89-44(36)46(32)99(75,76)77)38-26-33(10-12-35(38)50(63)64)49(62)57-17-22-81-24-25-82-23-18-59-53(67)85-21-15-54(2,3)98-97-30-83-19-5-6-20-84-52(66)58-16-7-8-34-28-61(51(65)60-48(34)56)42-27-40(86-31-96-95-4)41(88-42)29-87-93(71,72)91-94(73,74)90-92(68,69)70/h9-14,26,28,40-42H,1,5-6,15-25,27,29-31,55H2,2-4H3,(H,57,62)(H,58,66)(H,59,67)(H,63,64)(H,71,72)(H,73,74)(H2,56,60,65)(H2,68,69,70)(H,75,76,77)(H,78,79,80)/t40-,41+,42?/m0/s1. The number of nitrogens with two attached hydrogens (primary N) is 2. The number of nitrogens with zero attached hydrogens (tertiary/aromatic N) is 2. The molecule has 3 heterocycles. The van der Waals surface area contributed by atoms with Gasteiger partial charge in [0, 0.05) is 59.0 Å². The normalized spacial score (nSPS) is 16.5. The van der Waals surface area contributed by atoms with Crippen molar-refractivity contribution < 1.29 is 135 Å². The van der Waals surface area contributed by atoms with Gasteiger partial charge in [-0.05, 0) is 86.5 Å². The number of aromatic nitrogens is 2. The van der Waals surface area contributed by atoms with E-state index in [1.807, 2.05) is 13.8 Å². The number of anilines is 2. The molecule has 0 saturated carbocycles. The summed E-state index contributed by atoms with van der Waals surface area (Å²) in [6.45, 7) is 7.57. The number of amides is 3. The highest BCUT2D eigenvalue weighted by Crippen LogP contribution is 2.66. The van der Waals surface area contributed by atoms with Gasteiger partial charge in [0.25, 0.3) is 26.1 Å². The molecule has 3 amide bonds. The molecule has 37 nitrogen and oxygen atoms in total. The Morgan fingerprint density at radius 3 is 2.14 bits per heavy atom. The van der Waals surface area contributed by atoms with Crippen LogP contribution < -0.4 is 48.3 Å². The zero-order chi connectivity index (χ0) is 73.8. The van der Waals surface area contributed by atoms with Gasteiger partial charge in [-0.15, -0.1) is 0 Å². The molecule has 2 aliphatic rings. The van der Waals surface area contributed by atoms with Crippen LogP contribution in [0.5, 0.6) is 11.5 Å². The van der Waals surface area contributed by atoms with Crippen molar-refractivity contribution in [2.75, 3.05) is 102 Å². The largest absolute Gasteiger partial charge is 0.490 e. The minimum atomic E-state index is -5.79. The van der Waals surface area contributed by atoms with Crippen LogP contribution >= 0.6 is 66.6 Å². The van der Waals surface area contributed by atoms with Crippen LogP contribution in [0.15, 0.2) is 63.2 Å². The third-order valence-electron chi connectivity index (χ3n) is 13.3. The van der Waals surface area contributed by atoms with Crippen LogP contribution in [0.25, 0.3) is 12.2 Å². The molecule has 5 atom stereocenters. The molecule has 2 aliphatic heterocycles. The van der Waals surface area contributed by atoms with Crippen molar-refractivity contribution in [3.05, 3.63) is 97.4 Å². The Hall–Kier alpha value is -5.85. The zero-order valence-corrected chi connectivity index (χ0v) is 60.5. The topological polar surface area (TPSA) is 554 Å². The number of hydrogen-bond donors (Lipinski definition) is 12. The second-order valence-electron chi connectivity index (χ2n) is 21.2. The summed E-state index contributed by atoms with van der Waals surface area (Å²) in [6.07, 6.45) is -0.158. The van der Waals surface area contributed by atoms with Crippen molar-refractivity contribution in [1.29, 1.82) is 0 Å². The van der Waals surface area contributed by atoms with Gasteiger partial charge in [-0.2, -0.15) is 30.4 Å². The van der Waals surface area contributed by atoms with Crippen LogP contribution in [0, 0.1) is 11.8 Å². The number of fused-ring (bicyclic) bond motifs is 2. The Labute approximate surface area is 586 Å². The number of phosphoric acid groups is 3. The predicted octanol–water partition coefficient (Wildman–Crippen LogP) is 3.92. The van der Waals surface area contributed by atoms with Crippen LogP contribution in [0.1, 0.15) is 83.2 Å². The number of ether oxygens (including phenoxy) is 8. The maximum atomic E-state index is 13.4. The van der Waals surface area contributed by atoms with E-state index in [1.54, 1.807) is 17.0 Å². The summed E-state index contributed by atoms with van der Waals surface area (Å²) in [4.78, 5) is 102. The summed E-state index contributed by atoms with van der Waals surface area (Å²) in [7, 11) is -21.6. The third-order valence-corrected chi connectivity index (χ3v) is 23.5. The van der Waals surface area contributed by atoms with Gasteiger partial charge in [0.2, 0.25) is 0 Å². The lowest BCUT2D eigenvalue weighted by molar-refractivity contribution is -0.0543. The average Bonchev–Trinajstić information content (AvgIpc) is 0.764. The molecule has 1 saturated heterocycles. The van der Waals surface area contributed by atoms with Crippen molar-refractivity contribution in [2.45, 2.75) is 72.5 Å². The molecular formula is C54H70N7O30P3S6. The molecule has 100 heavy (non-hydrogen) atoms. The smallest absolute Gasteiger partial charge is 0.478 e. The second-order valence-corrected chi connectivity index (χ2v) is 33.8. The lowest BCUT2D eigenvalue weighted by atomic mass is 9.88. The number of rotatable bonds is 39. The van der Waals surface area contributed by atoms with Crippen molar-refractivity contribution in [3.63, 3.8) is 0 Å². The number of aromatic carboxylic acids is 1. The maximum Gasteiger partial charge on any atom is 0.490 e. The fraction of sp³-hybridized carbons (Fsp3) is 0.444. The van der Waals surface area contributed by atoms with Gasteiger partial charge in [-0.3, -0.25) is 23.0 Å². The van der Waals surface area contributed by atoms with Crippen molar-refractivity contribution in [2.24, 2.45) is 0 Å². The molecule has 0 aliphatic carbocycles. The molecule has 6 rings (SSSR count). The Bertz CT molecular complexity index is 4280. The van der Waals surface area contributed by atoms with Gasteiger partial charge >= 0.3 is 47.3 Å². The number of hydrogen-bond acceptors (Lipinski definition) is 30. The Morgan fingerprint density at radius 1 is 0.800 bits per heavy atom. The molecule has 0 spiro atoms. The minimum absolute atomic E-state index is 0.0108. The molecule has 0 bridgehead atoms. The summed E-state index contributed by atoms with van der Waals surface area (Å²) in [5.74, 6) is 2.00. The second kappa shape index (κ2) is 37.5. The van der Waals surface area contributed by atoms with Gasteiger partial charge in [-0.1, -0.05) is 67.7 Å². The van der Waals surface area contributed by atoms with Crippen molar-refractivity contribution in [1.82, 2.24) is 25.5 Å². The van der Waals surface area contributed by atoms with E-state index in [4.69, 9.17) is 63.7 Å². The Morgan fingerprint density at radius 2 is 1.47 bits per heavy atom. The van der Waals surface area contributed by atoms with E-state index in [0.29, 0.717) is 31.8 Å². The fourth-order valence-corrected chi connectivity index (χ4v) is 16.6. The van der Waals surface area contributed by atoms with Gasteiger partial charge in [0.15, 0.2) is 16.4 Å². The SMILES string of the molecule is C=c1ccc2c(c1S(=O)(=O)O)Oc1c(ccc(N)c1S(=O)(=O)O)C=2c1cc(C(=O)NCCOCCOCCNC(=O)OCCC(C)(C)SSCOCCCCOC(=O)NCC#Cc2cn(C3C[C@H](OCSSC)[C@@H](COP(=O)(O)OP(=O)(O)OP(=O)(O)O)O3)c(=O)nc2N)ccc1C(=O)O. The highest BCUT2D eigenvalue weighted by Gasteiger charge is 2.44. The molecule has 46 heteroatoms. The quantitative estimate of drug-likeness (QED) is 0.00504. The Balaban J connectivity index is 0.810. The van der Waals surface area contributed by atoms with Crippen LogP contribution in [0.2, 0.25) is 0 Å². The molecule has 3 unspecified atom stereocenters. The van der Waals surface area contributed by atoms with Crippen LogP contribution in [0.3, 0.4) is 0 Å². The van der Waals surface area contributed by atoms with Crippen molar-refractivity contribution >= 4 is 135 Å². The predicted molar refractivity (Wildman–Crippen MR) is 362 cm³/mol.